The Labute approximate surface area is 247 Å². The fraction of sp³-hybridized carbons (Fsp3) is 0.226. The Kier molecular flexibility index (Phi) is 8.31. The third kappa shape index (κ3) is 6.36. The number of carbonyl (C=O) groups is 2. The number of primary amides is 1. The molecule has 1 aliphatic rings. The van der Waals surface area contributed by atoms with Crippen molar-refractivity contribution in [2.45, 2.75) is 44.4 Å². The first kappa shape index (κ1) is 30.5. The molecule has 5 rings (SSSR count). The topological polar surface area (TPSA) is 103 Å². The van der Waals surface area contributed by atoms with Crippen LogP contribution in [0.2, 0.25) is 0 Å². The van der Waals surface area contributed by atoms with Gasteiger partial charge in [-0.1, -0.05) is 18.7 Å². The Balaban J connectivity index is 1.54. The second-order valence-corrected chi connectivity index (χ2v) is 10.4. The number of nitrogens with two attached hydrogens (primary N) is 1. The highest BCUT2D eigenvalue weighted by Gasteiger charge is 2.41. The van der Waals surface area contributed by atoms with E-state index in [4.69, 9.17) is 5.73 Å². The molecule has 0 radical (unpaired) electrons. The smallest absolute Gasteiger partial charge is 0.366 e. The summed E-state index contributed by atoms with van der Waals surface area (Å²) in [6, 6.07) is 8.48. The second kappa shape index (κ2) is 12.0. The summed E-state index contributed by atoms with van der Waals surface area (Å²) in [5, 5.41) is 6.43. The van der Waals surface area contributed by atoms with Crippen LogP contribution < -0.4 is 11.1 Å². The zero-order valence-electron chi connectivity index (χ0n) is 23.0. The van der Waals surface area contributed by atoms with Crippen molar-refractivity contribution in [1.82, 2.24) is 20.1 Å². The molecule has 13 heteroatoms. The van der Waals surface area contributed by atoms with Crippen LogP contribution in [-0.2, 0) is 30.4 Å². The van der Waals surface area contributed by atoms with Crippen LogP contribution >= 0.6 is 0 Å². The molecule has 4 aromatic rings. The molecule has 1 unspecified atom stereocenters. The molecule has 1 aliphatic carbocycles. The van der Waals surface area contributed by atoms with Crippen LogP contribution in [-0.4, -0.2) is 26.6 Å². The van der Waals surface area contributed by atoms with Crippen LogP contribution in [0.15, 0.2) is 61.3 Å². The van der Waals surface area contributed by atoms with Gasteiger partial charge in [-0.25, -0.2) is 13.2 Å². The lowest BCUT2D eigenvalue weighted by Crippen LogP contribution is -2.34. The minimum Gasteiger partial charge on any atom is -0.366 e. The summed E-state index contributed by atoms with van der Waals surface area (Å²) in [5.74, 6) is -4.35. The largest absolute Gasteiger partial charge is 0.435 e. The molecule has 0 spiro atoms. The zero-order chi connectivity index (χ0) is 31.8. The molecule has 2 heterocycles. The Hall–Kier alpha value is -4.94. The minimum absolute atomic E-state index is 0.114. The van der Waals surface area contributed by atoms with Gasteiger partial charge in [-0.3, -0.25) is 19.3 Å². The fourth-order valence-electron chi connectivity index (χ4n) is 5.42. The number of allylic oxidation sites excluding steroid dienone is 1. The molecule has 44 heavy (non-hydrogen) atoms. The Bertz CT molecular complexity index is 1760. The standard InChI is InChI=1S/C31H25F6N5O2/c1-16-4-2-6-25-27(16)29(31(35,36)37)41-42(25)15-26(43)40-24(12-17-10-19(32)14-20(33)11-17)28-21(5-3-9-39-28)18-7-8-23(34)22(13-18)30(38)44/h3,5,7-11,13-14,24H,1-2,4,6,12,15H2,(H2,38,44)(H,40,43). The summed E-state index contributed by atoms with van der Waals surface area (Å²) in [7, 11) is 0. The van der Waals surface area contributed by atoms with Gasteiger partial charge in [-0.15, -0.1) is 0 Å². The molecule has 0 fully saturated rings. The first-order valence-corrected chi connectivity index (χ1v) is 13.5. The number of rotatable bonds is 8. The average molecular weight is 614 g/mol. The number of hydrogen-bond donors (Lipinski definition) is 2. The predicted molar refractivity (Wildman–Crippen MR) is 148 cm³/mol. The van der Waals surface area contributed by atoms with E-state index in [1.807, 2.05) is 0 Å². The zero-order valence-corrected chi connectivity index (χ0v) is 23.0. The summed E-state index contributed by atoms with van der Waals surface area (Å²) >= 11 is 0. The molecule has 2 aromatic carbocycles. The number of aromatic nitrogens is 3. The van der Waals surface area contributed by atoms with E-state index in [-0.39, 0.29) is 40.9 Å². The summed E-state index contributed by atoms with van der Waals surface area (Å²) in [4.78, 5) is 29.6. The second-order valence-electron chi connectivity index (χ2n) is 10.4. The van der Waals surface area contributed by atoms with Crippen LogP contribution in [0.5, 0.6) is 0 Å². The van der Waals surface area contributed by atoms with Crippen molar-refractivity contribution >= 4 is 17.4 Å². The van der Waals surface area contributed by atoms with Gasteiger partial charge in [0, 0.05) is 29.1 Å². The number of nitrogens with zero attached hydrogens (tertiary/aromatic N) is 3. The van der Waals surface area contributed by atoms with E-state index in [1.165, 1.54) is 18.3 Å². The van der Waals surface area contributed by atoms with Crippen LogP contribution in [0.25, 0.3) is 16.7 Å². The molecule has 0 saturated heterocycles. The maximum absolute atomic E-state index is 14.2. The third-order valence-electron chi connectivity index (χ3n) is 7.27. The number of benzene rings is 2. The molecule has 0 saturated carbocycles. The molecule has 1 atom stereocenters. The van der Waals surface area contributed by atoms with Gasteiger partial charge in [0.15, 0.2) is 5.69 Å². The van der Waals surface area contributed by atoms with E-state index >= 15 is 0 Å². The first-order valence-electron chi connectivity index (χ1n) is 13.5. The summed E-state index contributed by atoms with van der Waals surface area (Å²) in [5.41, 5.74) is 5.17. The lowest BCUT2D eigenvalue weighted by Gasteiger charge is -2.22. The Morgan fingerprint density at radius 2 is 1.77 bits per heavy atom. The van der Waals surface area contributed by atoms with Gasteiger partial charge in [0.05, 0.1) is 17.3 Å². The van der Waals surface area contributed by atoms with Crippen molar-refractivity contribution in [3.05, 3.63) is 113 Å². The fourth-order valence-corrected chi connectivity index (χ4v) is 5.42. The van der Waals surface area contributed by atoms with Crippen molar-refractivity contribution in [3.8, 4) is 11.1 Å². The minimum atomic E-state index is -4.77. The van der Waals surface area contributed by atoms with Crippen molar-refractivity contribution in [1.29, 1.82) is 0 Å². The van der Waals surface area contributed by atoms with E-state index < -0.39 is 59.3 Å². The van der Waals surface area contributed by atoms with Gasteiger partial charge in [0.2, 0.25) is 5.91 Å². The molecule has 0 bridgehead atoms. The number of hydrogen-bond acceptors (Lipinski definition) is 4. The molecule has 228 valence electrons. The maximum Gasteiger partial charge on any atom is 0.435 e. The highest BCUT2D eigenvalue weighted by molar-refractivity contribution is 5.94. The molecule has 7 nitrogen and oxygen atoms in total. The quantitative estimate of drug-likeness (QED) is 0.241. The molecule has 3 N–H and O–H groups in total. The van der Waals surface area contributed by atoms with Crippen LogP contribution in [0.4, 0.5) is 26.3 Å². The third-order valence-corrected chi connectivity index (χ3v) is 7.27. The number of fused-ring (bicyclic) bond motifs is 1. The summed E-state index contributed by atoms with van der Waals surface area (Å²) < 4.78 is 84.8. The van der Waals surface area contributed by atoms with Crippen molar-refractivity contribution in [3.63, 3.8) is 0 Å². The molecule has 2 aromatic heterocycles. The highest BCUT2D eigenvalue weighted by atomic mass is 19.4. The van der Waals surface area contributed by atoms with Crippen molar-refractivity contribution in [2.75, 3.05) is 0 Å². The maximum atomic E-state index is 14.2. The molecule has 2 amide bonds. The number of nitrogens with one attached hydrogen (secondary N) is 1. The normalized spacial score (nSPS) is 13.8. The van der Waals surface area contributed by atoms with Crippen molar-refractivity contribution < 1.29 is 35.9 Å². The van der Waals surface area contributed by atoms with E-state index in [9.17, 15) is 35.9 Å². The molecule has 0 aliphatic heterocycles. The Morgan fingerprint density at radius 1 is 1.05 bits per heavy atom. The van der Waals surface area contributed by atoms with E-state index in [1.54, 1.807) is 12.1 Å². The van der Waals surface area contributed by atoms with Crippen LogP contribution in [0.3, 0.4) is 0 Å². The SMILES string of the molecule is C=C1CCCc2c1c(C(F)(F)F)nn2CC(=O)NC(Cc1cc(F)cc(F)c1)c1ncccc1-c1ccc(F)c(C(N)=O)c1. The average Bonchev–Trinajstić information content (AvgIpc) is 3.32. The number of amides is 2. The lowest BCUT2D eigenvalue weighted by atomic mass is 9.91. The highest BCUT2D eigenvalue weighted by Crippen LogP contribution is 2.40. The molecular formula is C31H25F6N5O2. The Morgan fingerprint density at radius 3 is 2.45 bits per heavy atom. The first-order chi connectivity index (χ1) is 20.8. The number of pyridine rings is 1. The van der Waals surface area contributed by atoms with Gasteiger partial charge >= 0.3 is 6.18 Å². The van der Waals surface area contributed by atoms with Crippen LogP contribution in [0, 0.1) is 17.5 Å². The van der Waals surface area contributed by atoms with Crippen LogP contribution in [0.1, 0.15) is 57.5 Å². The van der Waals surface area contributed by atoms with Gasteiger partial charge in [0.25, 0.3) is 5.91 Å². The monoisotopic (exact) mass is 613 g/mol. The van der Waals surface area contributed by atoms with Crippen molar-refractivity contribution in [2.24, 2.45) is 5.73 Å². The molecular weight excluding hydrogens is 588 g/mol. The van der Waals surface area contributed by atoms with Gasteiger partial charge in [-0.2, -0.15) is 18.3 Å². The predicted octanol–water partition coefficient (Wildman–Crippen LogP) is 5.93. The van der Waals surface area contributed by atoms with Gasteiger partial charge < -0.3 is 11.1 Å². The summed E-state index contributed by atoms with van der Waals surface area (Å²) in [6.07, 6.45) is -2.40. The summed E-state index contributed by atoms with van der Waals surface area (Å²) in [6.45, 7) is 3.16. The van der Waals surface area contributed by atoms with Gasteiger partial charge in [0.1, 0.15) is 24.0 Å². The van der Waals surface area contributed by atoms with E-state index in [0.717, 1.165) is 22.9 Å². The van der Waals surface area contributed by atoms with Gasteiger partial charge in [-0.05, 0) is 72.7 Å². The number of carbonyl (C=O) groups excluding carboxylic acids is 2. The van der Waals surface area contributed by atoms with E-state index in [0.29, 0.717) is 30.0 Å². The number of halogens is 6. The number of alkyl halides is 3. The lowest BCUT2D eigenvalue weighted by molar-refractivity contribution is -0.142. The van der Waals surface area contributed by atoms with E-state index in [2.05, 4.69) is 22.0 Å².